The van der Waals surface area contributed by atoms with Gasteiger partial charge in [0.15, 0.2) is 0 Å². The van der Waals surface area contributed by atoms with Gasteiger partial charge >= 0.3 is 0 Å². The van der Waals surface area contributed by atoms with Gasteiger partial charge in [-0.15, -0.1) is 0 Å². The van der Waals surface area contributed by atoms with Crippen LogP contribution in [0.4, 0.5) is 5.82 Å². The molecule has 1 aliphatic rings. The van der Waals surface area contributed by atoms with Crippen LogP contribution < -0.4 is 10.5 Å². The molecule has 2 heterocycles. The number of ether oxygens (including phenoxy) is 1. The number of nitrogen functional groups attached to an aromatic ring is 1. The molecule has 28 heavy (non-hydrogen) atoms. The number of hydrogen-bond donors (Lipinski definition) is 1. The molecule has 0 aliphatic carbocycles. The van der Waals surface area contributed by atoms with Gasteiger partial charge in [-0.25, -0.2) is 4.98 Å². The molecule has 1 aliphatic heterocycles. The highest BCUT2D eigenvalue weighted by Gasteiger charge is 2.22. The maximum Gasteiger partial charge on any atom is 0.254 e. The number of aromatic nitrogens is 1. The Kier molecular flexibility index (Phi) is 4.74. The number of nitrogens with zero attached hydrogens (tertiary/aromatic N) is 2. The van der Waals surface area contributed by atoms with Gasteiger partial charge in [-0.1, -0.05) is 23.8 Å². The standard InChI is InChI=1S/C23H23N3O2/c1-15-3-6-20(16(2)11-15)23(27)26-9-10-28-21-7-4-17(12-19(21)14-26)18-5-8-22(24)25-13-18/h3-8,11-13H,9-10,14H2,1-2H3,(H2,24,25). The summed E-state index contributed by atoms with van der Waals surface area (Å²) in [5.74, 6) is 1.35. The van der Waals surface area contributed by atoms with Crippen molar-refractivity contribution in [2.75, 3.05) is 18.9 Å². The first-order valence-electron chi connectivity index (χ1n) is 9.35. The van der Waals surface area contributed by atoms with E-state index in [1.54, 1.807) is 12.3 Å². The van der Waals surface area contributed by atoms with Crippen molar-refractivity contribution in [3.63, 3.8) is 0 Å². The highest BCUT2D eigenvalue weighted by Crippen LogP contribution is 2.30. The number of aryl methyl sites for hydroxylation is 2. The second kappa shape index (κ2) is 7.35. The van der Waals surface area contributed by atoms with E-state index in [0.717, 1.165) is 39.1 Å². The second-order valence-corrected chi connectivity index (χ2v) is 7.19. The van der Waals surface area contributed by atoms with Crippen molar-refractivity contribution in [2.45, 2.75) is 20.4 Å². The van der Waals surface area contributed by atoms with Crippen molar-refractivity contribution in [1.82, 2.24) is 9.88 Å². The predicted octanol–water partition coefficient (Wildman–Crippen LogP) is 3.98. The van der Waals surface area contributed by atoms with Crippen molar-refractivity contribution in [3.8, 4) is 16.9 Å². The van der Waals surface area contributed by atoms with Gasteiger partial charge in [0, 0.05) is 29.4 Å². The molecule has 1 amide bonds. The number of carbonyl (C=O) groups is 1. The van der Waals surface area contributed by atoms with E-state index >= 15 is 0 Å². The van der Waals surface area contributed by atoms with Crippen LogP contribution in [0.15, 0.2) is 54.7 Å². The van der Waals surface area contributed by atoms with E-state index in [1.165, 1.54) is 0 Å². The van der Waals surface area contributed by atoms with Crippen molar-refractivity contribution in [3.05, 3.63) is 77.0 Å². The maximum atomic E-state index is 13.1. The molecule has 4 rings (SSSR count). The number of rotatable bonds is 2. The molecule has 0 atom stereocenters. The molecule has 0 bridgehead atoms. The van der Waals surface area contributed by atoms with Crippen LogP contribution in [0.5, 0.6) is 5.75 Å². The van der Waals surface area contributed by atoms with Crippen LogP contribution in [0.3, 0.4) is 0 Å². The van der Waals surface area contributed by atoms with Crippen LogP contribution in [0.25, 0.3) is 11.1 Å². The molecule has 3 aromatic rings. The highest BCUT2D eigenvalue weighted by atomic mass is 16.5. The quantitative estimate of drug-likeness (QED) is 0.738. The summed E-state index contributed by atoms with van der Waals surface area (Å²) >= 11 is 0. The SMILES string of the molecule is Cc1ccc(C(=O)N2CCOc3ccc(-c4ccc(N)nc4)cc3C2)c(C)c1. The molecule has 5 heteroatoms. The number of nitrogens with two attached hydrogens (primary N) is 1. The van der Waals surface area contributed by atoms with Crippen LogP contribution in [0, 0.1) is 13.8 Å². The third-order valence-corrected chi connectivity index (χ3v) is 5.06. The number of benzene rings is 2. The summed E-state index contributed by atoms with van der Waals surface area (Å²) in [6.07, 6.45) is 1.76. The number of hydrogen-bond acceptors (Lipinski definition) is 4. The van der Waals surface area contributed by atoms with Crippen molar-refractivity contribution >= 4 is 11.7 Å². The van der Waals surface area contributed by atoms with Crippen molar-refractivity contribution in [2.24, 2.45) is 0 Å². The smallest absolute Gasteiger partial charge is 0.254 e. The number of fused-ring (bicyclic) bond motifs is 1. The Hall–Kier alpha value is -3.34. The summed E-state index contributed by atoms with van der Waals surface area (Å²) in [7, 11) is 0. The summed E-state index contributed by atoms with van der Waals surface area (Å²) < 4.78 is 5.89. The lowest BCUT2D eigenvalue weighted by Crippen LogP contribution is -2.32. The lowest BCUT2D eigenvalue weighted by molar-refractivity contribution is 0.0732. The average molecular weight is 373 g/mol. The normalized spacial score (nSPS) is 13.4. The van der Waals surface area contributed by atoms with E-state index in [-0.39, 0.29) is 5.91 Å². The molecule has 0 radical (unpaired) electrons. The third-order valence-electron chi connectivity index (χ3n) is 5.06. The number of pyridine rings is 1. The topological polar surface area (TPSA) is 68.5 Å². The second-order valence-electron chi connectivity index (χ2n) is 7.19. The first-order valence-corrected chi connectivity index (χ1v) is 9.35. The number of carbonyl (C=O) groups excluding carboxylic acids is 1. The first kappa shape index (κ1) is 18.0. The van der Waals surface area contributed by atoms with E-state index in [4.69, 9.17) is 10.5 Å². The van der Waals surface area contributed by atoms with Crippen LogP contribution in [-0.4, -0.2) is 28.9 Å². The van der Waals surface area contributed by atoms with E-state index in [2.05, 4.69) is 11.1 Å². The van der Waals surface area contributed by atoms with Crippen molar-refractivity contribution in [1.29, 1.82) is 0 Å². The van der Waals surface area contributed by atoms with Gasteiger partial charge in [0.25, 0.3) is 5.91 Å². The first-order chi connectivity index (χ1) is 13.5. The Labute approximate surface area is 164 Å². The largest absolute Gasteiger partial charge is 0.491 e. The zero-order valence-corrected chi connectivity index (χ0v) is 16.1. The zero-order chi connectivity index (χ0) is 19.7. The lowest BCUT2D eigenvalue weighted by atomic mass is 10.0. The van der Waals surface area contributed by atoms with Gasteiger partial charge in [0.2, 0.25) is 0 Å². The molecule has 0 spiro atoms. The van der Waals surface area contributed by atoms with Gasteiger partial charge in [-0.3, -0.25) is 4.79 Å². The van der Waals surface area contributed by atoms with Crippen LogP contribution in [0.1, 0.15) is 27.0 Å². The fraction of sp³-hybridized carbons (Fsp3) is 0.217. The Morgan fingerprint density at radius 2 is 1.89 bits per heavy atom. The van der Waals surface area contributed by atoms with E-state index in [9.17, 15) is 4.79 Å². The van der Waals surface area contributed by atoms with E-state index in [0.29, 0.717) is 25.5 Å². The highest BCUT2D eigenvalue weighted by molar-refractivity contribution is 5.95. The zero-order valence-electron chi connectivity index (χ0n) is 16.1. The monoisotopic (exact) mass is 373 g/mol. The fourth-order valence-electron chi connectivity index (χ4n) is 3.55. The minimum Gasteiger partial charge on any atom is -0.491 e. The minimum atomic E-state index is 0.0357. The van der Waals surface area contributed by atoms with Crippen LogP contribution >= 0.6 is 0 Å². The molecular formula is C23H23N3O2. The number of anilines is 1. The van der Waals surface area contributed by atoms with Gasteiger partial charge in [-0.2, -0.15) is 0 Å². The fourth-order valence-corrected chi connectivity index (χ4v) is 3.55. The minimum absolute atomic E-state index is 0.0357. The molecule has 2 aromatic carbocycles. The molecule has 0 saturated heterocycles. The van der Waals surface area contributed by atoms with Gasteiger partial charge in [-0.05, 0) is 55.3 Å². The lowest BCUT2D eigenvalue weighted by Gasteiger charge is -2.21. The molecule has 142 valence electrons. The Morgan fingerprint density at radius 3 is 2.64 bits per heavy atom. The molecule has 5 nitrogen and oxygen atoms in total. The Bertz CT molecular complexity index is 1030. The molecular weight excluding hydrogens is 350 g/mol. The van der Waals surface area contributed by atoms with E-state index < -0.39 is 0 Å². The number of amides is 1. The Morgan fingerprint density at radius 1 is 1.07 bits per heavy atom. The molecule has 0 fully saturated rings. The summed E-state index contributed by atoms with van der Waals surface area (Å²) in [6.45, 7) is 5.56. The molecule has 0 saturated carbocycles. The average Bonchev–Trinajstić information content (AvgIpc) is 2.90. The summed E-state index contributed by atoms with van der Waals surface area (Å²) in [5, 5.41) is 0. The molecule has 1 aromatic heterocycles. The Balaban J connectivity index is 1.64. The van der Waals surface area contributed by atoms with Crippen molar-refractivity contribution < 1.29 is 9.53 Å². The summed E-state index contributed by atoms with van der Waals surface area (Å²) in [5.41, 5.74) is 11.6. The predicted molar refractivity (Wildman–Crippen MR) is 110 cm³/mol. The third kappa shape index (κ3) is 3.56. The summed E-state index contributed by atoms with van der Waals surface area (Å²) in [6, 6.07) is 15.7. The van der Waals surface area contributed by atoms with Gasteiger partial charge in [0.1, 0.15) is 18.2 Å². The van der Waals surface area contributed by atoms with Gasteiger partial charge in [0.05, 0.1) is 6.54 Å². The molecule has 2 N–H and O–H groups in total. The van der Waals surface area contributed by atoms with Crippen LogP contribution in [0.2, 0.25) is 0 Å². The van der Waals surface area contributed by atoms with E-state index in [1.807, 2.05) is 55.1 Å². The maximum absolute atomic E-state index is 13.1. The van der Waals surface area contributed by atoms with Gasteiger partial charge < -0.3 is 15.4 Å². The summed E-state index contributed by atoms with van der Waals surface area (Å²) in [4.78, 5) is 19.2. The molecule has 0 unspecified atom stereocenters. The van der Waals surface area contributed by atoms with Crippen LogP contribution in [-0.2, 0) is 6.54 Å².